The molecule has 0 radical (unpaired) electrons. The Morgan fingerprint density at radius 2 is 2.18 bits per heavy atom. The molecule has 0 aromatic heterocycles. The van der Waals surface area contributed by atoms with Crippen LogP contribution >= 0.6 is 28.3 Å². The highest BCUT2D eigenvalue weighted by atomic mass is 79.9. The zero-order valence-electron chi connectivity index (χ0n) is 9.95. The minimum Gasteiger partial charge on any atom is -0.508 e. The first-order valence-electron chi connectivity index (χ1n) is 5.85. The smallest absolute Gasteiger partial charge is 0.120 e. The largest absolute Gasteiger partial charge is 0.508 e. The van der Waals surface area contributed by atoms with Crippen molar-refractivity contribution in [3.63, 3.8) is 0 Å². The minimum absolute atomic E-state index is 0. The summed E-state index contributed by atoms with van der Waals surface area (Å²) in [5.74, 6) is 2.06. The third kappa shape index (κ3) is 4.49. The zero-order chi connectivity index (χ0) is 11.5. The maximum Gasteiger partial charge on any atom is 0.120 e. The highest BCUT2D eigenvalue weighted by molar-refractivity contribution is 9.10. The van der Waals surface area contributed by atoms with Crippen molar-refractivity contribution in [1.82, 2.24) is 5.32 Å². The Labute approximate surface area is 117 Å². The van der Waals surface area contributed by atoms with Gasteiger partial charge in [0.2, 0.25) is 0 Å². The van der Waals surface area contributed by atoms with Gasteiger partial charge in [0.25, 0.3) is 0 Å². The van der Waals surface area contributed by atoms with Crippen LogP contribution in [-0.4, -0.2) is 11.7 Å². The Morgan fingerprint density at radius 3 is 2.82 bits per heavy atom. The fraction of sp³-hybridized carbons (Fsp3) is 0.538. The molecule has 17 heavy (non-hydrogen) atoms. The van der Waals surface area contributed by atoms with Crippen molar-refractivity contribution in [3.8, 4) is 5.75 Å². The zero-order valence-corrected chi connectivity index (χ0v) is 12.4. The highest BCUT2D eigenvalue weighted by Gasteiger charge is 2.27. The van der Waals surface area contributed by atoms with Crippen molar-refractivity contribution < 1.29 is 5.11 Å². The van der Waals surface area contributed by atoms with Crippen LogP contribution in [0.2, 0.25) is 0 Å². The van der Waals surface area contributed by atoms with Crippen LogP contribution in [0.15, 0.2) is 22.7 Å². The van der Waals surface area contributed by atoms with Gasteiger partial charge in [-0.3, -0.25) is 0 Å². The summed E-state index contributed by atoms with van der Waals surface area (Å²) < 4.78 is 1.01. The first-order valence-corrected chi connectivity index (χ1v) is 6.64. The molecular weight excluding hydrogens is 302 g/mol. The number of hydrogen-bond acceptors (Lipinski definition) is 2. The maximum atomic E-state index is 9.66. The van der Waals surface area contributed by atoms with Gasteiger partial charge >= 0.3 is 0 Å². The van der Waals surface area contributed by atoms with E-state index in [1.165, 1.54) is 12.8 Å². The molecule has 0 aliphatic heterocycles. The van der Waals surface area contributed by atoms with Gasteiger partial charge in [0.15, 0.2) is 0 Å². The average Bonchev–Trinajstić information content (AvgIpc) is 3.06. The lowest BCUT2D eigenvalue weighted by atomic mass is 10.1. The fourth-order valence-corrected chi connectivity index (χ4v) is 2.37. The summed E-state index contributed by atoms with van der Waals surface area (Å²) in [6, 6.07) is 5.54. The topological polar surface area (TPSA) is 32.3 Å². The molecule has 1 saturated carbocycles. The molecule has 4 heteroatoms. The first-order chi connectivity index (χ1) is 7.66. The number of rotatable bonds is 5. The van der Waals surface area contributed by atoms with Crippen molar-refractivity contribution in [1.29, 1.82) is 0 Å². The molecule has 1 aliphatic rings. The molecule has 1 aromatic carbocycles. The molecule has 0 spiro atoms. The second kappa shape index (κ2) is 6.62. The predicted molar refractivity (Wildman–Crippen MR) is 76.6 cm³/mol. The van der Waals surface area contributed by atoms with Crippen molar-refractivity contribution in [3.05, 3.63) is 28.2 Å². The van der Waals surface area contributed by atoms with E-state index in [1.807, 2.05) is 12.1 Å². The van der Waals surface area contributed by atoms with E-state index in [0.717, 1.165) is 35.0 Å². The SMILES string of the molecule is CC(CNCc1cc(Br)ccc1O)C1CC1.Cl. The maximum absolute atomic E-state index is 9.66. The van der Waals surface area contributed by atoms with Gasteiger partial charge in [0.1, 0.15) is 5.75 Å². The monoisotopic (exact) mass is 319 g/mol. The van der Waals surface area contributed by atoms with E-state index in [2.05, 4.69) is 28.2 Å². The fourth-order valence-electron chi connectivity index (χ4n) is 1.96. The molecule has 0 bridgehead atoms. The molecule has 2 N–H and O–H groups in total. The van der Waals surface area contributed by atoms with Crippen molar-refractivity contribution in [2.24, 2.45) is 11.8 Å². The standard InChI is InChI=1S/C13H18BrNO.ClH/c1-9(10-2-3-10)7-15-8-11-6-12(14)4-5-13(11)16;/h4-6,9-10,15-16H,2-3,7-8H2,1H3;1H. The Morgan fingerprint density at radius 1 is 1.47 bits per heavy atom. The van der Waals surface area contributed by atoms with E-state index in [9.17, 15) is 5.11 Å². The van der Waals surface area contributed by atoms with Gasteiger partial charge < -0.3 is 10.4 Å². The van der Waals surface area contributed by atoms with Gasteiger partial charge in [-0.2, -0.15) is 0 Å². The van der Waals surface area contributed by atoms with E-state index >= 15 is 0 Å². The first kappa shape index (κ1) is 14.8. The molecule has 1 atom stereocenters. The van der Waals surface area contributed by atoms with Crippen molar-refractivity contribution in [2.45, 2.75) is 26.3 Å². The van der Waals surface area contributed by atoms with Gasteiger partial charge in [-0.15, -0.1) is 12.4 Å². The quantitative estimate of drug-likeness (QED) is 0.867. The van der Waals surface area contributed by atoms with E-state index in [-0.39, 0.29) is 12.4 Å². The number of phenols is 1. The lowest BCUT2D eigenvalue weighted by Gasteiger charge is -2.12. The van der Waals surface area contributed by atoms with Gasteiger partial charge in [-0.25, -0.2) is 0 Å². The lowest BCUT2D eigenvalue weighted by molar-refractivity contribution is 0.444. The van der Waals surface area contributed by atoms with E-state index < -0.39 is 0 Å². The highest BCUT2D eigenvalue weighted by Crippen LogP contribution is 2.36. The summed E-state index contributed by atoms with van der Waals surface area (Å²) >= 11 is 3.41. The third-order valence-electron chi connectivity index (χ3n) is 3.25. The number of benzene rings is 1. The summed E-state index contributed by atoms with van der Waals surface area (Å²) in [5, 5.41) is 13.1. The minimum atomic E-state index is 0. The van der Waals surface area contributed by atoms with Crippen LogP contribution in [0.25, 0.3) is 0 Å². The normalized spacial score (nSPS) is 16.4. The van der Waals surface area contributed by atoms with Crippen LogP contribution in [0.3, 0.4) is 0 Å². The number of hydrogen-bond donors (Lipinski definition) is 2. The number of halogens is 2. The van der Waals surface area contributed by atoms with Crippen LogP contribution in [0, 0.1) is 11.8 Å². The second-order valence-electron chi connectivity index (χ2n) is 4.72. The Bertz CT molecular complexity index is 368. The Balaban J connectivity index is 0.00000144. The summed E-state index contributed by atoms with van der Waals surface area (Å²) in [6.45, 7) is 4.07. The number of nitrogens with one attached hydrogen (secondary N) is 1. The predicted octanol–water partition coefficient (Wildman–Crippen LogP) is 3.71. The van der Waals surface area contributed by atoms with Crippen molar-refractivity contribution >= 4 is 28.3 Å². The summed E-state index contributed by atoms with van der Waals surface area (Å²) in [7, 11) is 0. The second-order valence-corrected chi connectivity index (χ2v) is 5.63. The number of phenolic OH excluding ortho intramolecular Hbond substituents is 1. The van der Waals surface area contributed by atoms with Crippen LogP contribution < -0.4 is 5.32 Å². The van der Waals surface area contributed by atoms with Crippen LogP contribution in [0.4, 0.5) is 0 Å². The van der Waals surface area contributed by atoms with Crippen LogP contribution in [0.5, 0.6) is 5.75 Å². The van der Waals surface area contributed by atoms with Gasteiger partial charge in [-0.05, 0) is 49.4 Å². The summed E-state index contributed by atoms with van der Waals surface area (Å²) in [6.07, 6.45) is 2.79. The van der Waals surface area contributed by atoms with Gasteiger partial charge in [0, 0.05) is 16.6 Å². The van der Waals surface area contributed by atoms with Gasteiger partial charge in [-0.1, -0.05) is 22.9 Å². The third-order valence-corrected chi connectivity index (χ3v) is 3.74. The summed E-state index contributed by atoms with van der Waals surface area (Å²) in [5.41, 5.74) is 0.956. The van der Waals surface area contributed by atoms with Crippen LogP contribution in [-0.2, 0) is 6.54 Å². The molecule has 2 nitrogen and oxygen atoms in total. The molecule has 1 unspecified atom stereocenters. The molecule has 0 saturated heterocycles. The molecule has 0 amide bonds. The molecule has 1 aliphatic carbocycles. The van der Waals surface area contributed by atoms with E-state index in [4.69, 9.17) is 0 Å². The molecule has 0 heterocycles. The average molecular weight is 321 g/mol. The van der Waals surface area contributed by atoms with Crippen LogP contribution in [0.1, 0.15) is 25.3 Å². The Hall–Kier alpha value is -0.250. The van der Waals surface area contributed by atoms with Crippen molar-refractivity contribution in [2.75, 3.05) is 6.54 Å². The lowest BCUT2D eigenvalue weighted by Crippen LogP contribution is -2.21. The molecular formula is C13H19BrClNO. The number of aromatic hydroxyl groups is 1. The molecule has 1 aromatic rings. The van der Waals surface area contributed by atoms with Gasteiger partial charge in [0.05, 0.1) is 0 Å². The molecule has 2 rings (SSSR count). The Kier molecular flexibility index (Phi) is 5.77. The molecule has 96 valence electrons. The van der Waals surface area contributed by atoms with E-state index in [1.54, 1.807) is 6.07 Å². The summed E-state index contributed by atoms with van der Waals surface area (Å²) in [4.78, 5) is 0. The molecule has 1 fully saturated rings. The van der Waals surface area contributed by atoms with E-state index in [0.29, 0.717) is 5.75 Å².